The van der Waals surface area contributed by atoms with Gasteiger partial charge in [-0.2, -0.15) is 0 Å². The Morgan fingerprint density at radius 1 is 1.12 bits per heavy atom. The molecule has 26 heavy (non-hydrogen) atoms. The molecule has 2 aromatic carbocycles. The van der Waals surface area contributed by atoms with Crippen molar-refractivity contribution in [2.75, 3.05) is 24.4 Å². The van der Waals surface area contributed by atoms with Gasteiger partial charge in [0.25, 0.3) is 11.5 Å². The third-order valence-corrected chi connectivity index (χ3v) is 4.11. The van der Waals surface area contributed by atoms with E-state index in [1.165, 1.54) is 4.57 Å². The van der Waals surface area contributed by atoms with Gasteiger partial charge in [-0.25, -0.2) is 4.98 Å². The molecule has 0 spiro atoms. The Hall–Kier alpha value is -3.35. The SMILES string of the molecule is CCn1c(NNC(=O)c2ccc(N(C)C)cc2)nc2ccccc2c1=O. The van der Waals surface area contributed by atoms with Crippen molar-refractivity contribution in [3.8, 4) is 0 Å². The lowest BCUT2D eigenvalue weighted by Crippen LogP contribution is -2.34. The summed E-state index contributed by atoms with van der Waals surface area (Å²) in [5.74, 6) is -0.00479. The second kappa shape index (κ2) is 7.26. The Morgan fingerprint density at radius 3 is 2.46 bits per heavy atom. The van der Waals surface area contributed by atoms with Crippen molar-refractivity contribution < 1.29 is 4.79 Å². The number of para-hydroxylation sites is 1. The van der Waals surface area contributed by atoms with Crippen LogP contribution in [-0.2, 0) is 6.54 Å². The van der Waals surface area contributed by atoms with Crippen molar-refractivity contribution in [3.05, 3.63) is 64.4 Å². The van der Waals surface area contributed by atoms with Crippen molar-refractivity contribution in [3.63, 3.8) is 0 Å². The van der Waals surface area contributed by atoms with Crippen molar-refractivity contribution >= 4 is 28.4 Å². The Labute approximate surface area is 151 Å². The highest BCUT2D eigenvalue weighted by molar-refractivity contribution is 5.95. The van der Waals surface area contributed by atoms with E-state index in [2.05, 4.69) is 15.8 Å². The highest BCUT2D eigenvalue weighted by Gasteiger charge is 2.11. The Morgan fingerprint density at radius 2 is 1.81 bits per heavy atom. The molecule has 1 amide bonds. The molecule has 2 N–H and O–H groups in total. The number of nitrogens with one attached hydrogen (secondary N) is 2. The summed E-state index contributed by atoms with van der Waals surface area (Å²) < 4.78 is 1.48. The van der Waals surface area contributed by atoms with E-state index >= 15 is 0 Å². The van der Waals surface area contributed by atoms with Crippen LogP contribution in [0.25, 0.3) is 10.9 Å². The third kappa shape index (κ3) is 3.37. The number of aromatic nitrogens is 2. The predicted octanol–water partition coefficient (Wildman–Crippen LogP) is 2.24. The molecule has 134 valence electrons. The number of anilines is 2. The number of amides is 1. The van der Waals surface area contributed by atoms with Gasteiger partial charge in [0.2, 0.25) is 5.95 Å². The first-order chi connectivity index (χ1) is 12.5. The van der Waals surface area contributed by atoms with E-state index in [1.54, 1.807) is 30.3 Å². The molecule has 1 heterocycles. The minimum Gasteiger partial charge on any atom is -0.378 e. The van der Waals surface area contributed by atoms with Gasteiger partial charge in [-0.15, -0.1) is 0 Å². The first-order valence-electron chi connectivity index (χ1n) is 8.34. The minimum absolute atomic E-state index is 0.148. The van der Waals surface area contributed by atoms with Gasteiger partial charge < -0.3 is 4.90 Å². The fourth-order valence-corrected chi connectivity index (χ4v) is 2.65. The van der Waals surface area contributed by atoms with Gasteiger partial charge in [0.05, 0.1) is 10.9 Å². The normalized spacial score (nSPS) is 10.6. The Balaban J connectivity index is 1.82. The lowest BCUT2D eigenvalue weighted by molar-refractivity contribution is 0.0962. The number of hydrogen-bond donors (Lipinski definition) is 2. The quantitative estimate of drug-likeness (QED) is 0.689. The Bertz CT molecular complexity index is 993. The molecule has 3 rings (SSSR count). The summed E-state index contributed by atoms with van der Waals surface area (Å²) in [6.07, 6.45) is 0. The highest BCUT2D eigenvalue weighted by Crippen LogP contribution is 2.13. The maximum Gasteiger partial charge on any atom is 0.269 e. The van der Waals surface area contributed by atoms with Gasteiger partial charge in [-0.05, 0) is 43.3 Å². The van der Waals surface area contributed by atoms with Crippen molar-refractivity contribution in [1.29, 1.82) is 0 Å². The van der Waals surface area contributed by atoms with Crippen molar-refractivity contribution in [2.45, 2.75) is 13.5 Å². The van der Waals surface area contributed by atoms with Crippen LogP contribution in [0.4, 0.5) is 11.6 Å². The number of rotatable bonds is 5. The third-order valence-electron chi connectivity index (χ3n) is 4.11. The van der Waals surface area contributed by atoms with E-state index in [9.17, 15) is 9.59 Å². The van der Waals surface area contributed by atoms with Crippen LogP contribution in [0, 0.1) is 0 Å². The van der Waals surface area contributed by atoms with Crippen LogP contribution in [0.1, 0.15) is 17.3 Å². The van der Waals surface area contributed by atoms with Crippen LogP contribution in [-0.4, -0.2) is 29.6 Å². The molecular formula is C19H21N5O2. The standard InChI is InChI=1S/C19H21N5O2/c1-4-24-18(26)15-7-5-6-8-16(15)20-19(24)22-21-17(25)13-9-11-14(12-10-13)23(2)3/h5-12H,4H2,1-3H3,(H,20,22)(H,21,25). The van der Waals surface area contributed by atoms with Crippen molar-refractivity contribution in [1.82, 2.24) is 15.0 Å². The molecule has 1 aromatic heterocycles. The fourth-order valence-electron chi connectivity index (χ4n) is 2.65. The van der Waals surface area contributed by atoms with E-state index < -0.39 is 0 Å². The molecule has 3 aromatic rings. The van der Waals surface area contributed by atoms with Gasteiger partial charge in [-0.3, -0.25) is 25.0 Å². The summed E-state index contributed by atoms with van der Waals surface area (Å²) in [7, 11) is 3.87. The summed E-state index contributed by atoms with van der Waals surface area (Å²) in [5.41, 5.74) is 7.32. The zero-order valence-electron chi connectivity index (χ0n) is 15.0. The molecule has 0 saturated carbocycles. The molecule has 7 nitrogen and oxygen atoms in total. The van der Waals surface area contributed by atoms with E-state index in [0.29, 0.717) is 29.0 Å². The molecule has 0 unspecified atom stereocenters. The molecule has 7 heteroatoms. The van der Waals surface area contributed by atoms with Gasteiger partial charge in [-0.1, -0.05) is 12.1 Å². The van der Waals surface area contributed by atoms with Gasteiger partial charge >= 0.3 is 0 Å². The van der Waals surface area contributed by atoms with Gasteiger partial charge in [0.15, 0.2) is 0 Å². The van der Waals surface area contributed by atoms with Crippen LogP contribution in [0.3, 0.4) is 0 Å². The van der Waals surface area contributed by atoms with E-state index in [1.807, 2.05) is 44.1 Å². The van der Waals surface area contributed by atoms with Crippen LogP contribution >= 0.6 is 0 Å². The van der Waals surface area contributed by atoms with Gasteiger partial charge in [0.1, 0.15) is 0 Å². The first-order valence-corrected chi connectivity index (χ1v) is 8.34. The van der Waals surface area contributed by atoms with E-state index in [-0.39, 0.29) is 11.5 Å². The molecule has 0 fully saturated rings. The number of carbonyl (C=O) groups is 1. The van der Waals surface area contributed by atoms with Crippen LogP contribution in [0.5, 0.6) is 0 Å². The average Bonchev–Trinajstić information content (AvgIpc) is 2.66. The summed E-state index contributed by atoms with van der Waals surface area (Å²) in [6, 6.07) is 14.4. The smallest absolute Gasteiger partial charge is 0.269 e. The monoisotopic (exact) mass is 351 g/mol. The zero-order chi connectivity index (χ0) is 18.7. The maximum absolute atomic E-state index is 12.6. The molecule has 0 bridgehead atoms. The number of fused-ring (bicyclic) bond motifs is 1. The summed E-state index contributed by atoms with van der Waals surface area (Å²) in [4.78, 5) is 31.3. The summed E-state index contributed by atoms with van der Waals surface area (Å²) in [6.45, 7) is 2.29. The highest BCUT2D eigenvalue weighted by atomic mass is 16.2. The van der Waals surface area contributed by atoms with Gasteiger partial charge in [0, 0.05) is 31.9 Å². The average molecular weight is 351 g/mol. The van der Waals surface area contributed by atoms with E-state index in [4.69, 9.17) is 0 Å². The predicted molar refractivity (Wildman–Crippen MR) is 104 cm³/mol. The molecular weight excluding hydrogens is 330 g/mol. The minimum atomic E-state index is -0.305. The summed E-state index contributed by atoms with van der Waals surface area (Å²) >= 11 is 0. The maximum atomic E-state index is 12.6. The summed E-state index contributed by atoms with van der Waals surface area (Å²) in [5, 5.41) is 0.547. The molecule has 0 aliphatic heterocycles. The van der Waals surface area contributed by atoms with Crippen LogP contribution < -0.4 is 21.3 Å². The second-order valence-corrected chi connectivity index (χ2v) is 6.02. The molecule has 0 radical (unpaired) electrons. The van der Waals surface area contributed by atoms with Crippen LogP contribution in [0.15, 0.2) is 53.3 Å². The molecule has 0 aliphatic rings. The number of hydrogen-bond acceptors (Lipinski definition) is 5. The number of benzene rings is 2. The fraction of sp³-hybridized carbons (Fsp3) is 0.211. The largest absolute Gasteiger partial charge is 0.378 e. The number of carbonyl (C=O) groups excluding carboxylic acids is 1. The zero-order valence-corrected chi connectivity index (χ0v) is 15.0. The van der Waals surface area contributed by atoms with Crippen molar-refractivity contribution in [2.24, 2.45) is 0 Å². The molecule has 0 atom stereocenters. The number of hydrazine groups is 1. The Kier molecular flexibility index (Phi) is 4.88. The second-order valence-electron chi connectivity index (χ2n) is 6.02. The molecule has 0 aliphatic carbocycles. The van der Waals surface area contributed by atoms with Crippen LogP contribution in [0.2, 0.25) is 0 Å². The molecule has 0 saturated heterocycles. The van der Waals surface area contributed by atoms with E-state index in [0.717, 1.165) is 5.69 Å². The lowest BCUT2D eigenvalue weighted by atomic mass is 10.2. The number of nitrogens with zero attached hydrogens (tertiary/aromatic N) is 3. The topological polar surface area (TPSA) is 79.3 Å². The lowest BCUT2D eigenvalue weighted by Gasteiger charge is -2.15. The first kappa shape index (κ1) is 17.5.